The molecule has 1 aliphatic carbocycles. The van der Waals surface area contributed by atoms with Crippen LogP contribution in [-0.2, 0) is 19.0 Å². The van der Waals surface area contributed by atoms with Gasteiger partial charge in [0.2, 0.25) is 0 Å². The van der Waals surface area contributed by atoms with Crippen LogP contribution in [0.25, 0.3) is 0 Å². The molecular weight excluding hydrogens is 256 g/mol. The van der Waals surface area contributed by atoms with Gasteiger partial charge in [0.15, 0.2) is 0 Å². The summed E-state index contributed by atoms with van der Waals surface area (Å²) < 4.78 is 16.8. The fourth-order valence-electron chi connectivity index (χ4n) is 3.63. The van der Waals surface area contributed by atoms with Crippen LogP contribution in [0.5, 0.6) is 0 Å². The molecule has 2 aliphatic heterocycles. The van der Waals surface area contributed by atoms with E-state index in [1.165, 1.54) is 0 Å². The van der Waals surface area contributed by atoms with Crippen LogP contribution in [-0.4, -0.2) is 37.5 Å². The van der Waals surface area contributed by atoms with Crippen molar-refractivity contribution in [2.45, 2.75) is 58.3 Å². The van der Waals surface area contributed by atoms with E-state index in [0.29, 0.717) is 37.3 Å². The molecule has 1 saturated carbocycles. The number of ether oxygens (including phenoxy) is 3. The fourth-order valence-corrected chi connectivity index (χ4v) is 3.63. The summed E-state index contributed by atoms with van der Waals surface area (Å²) in [5.41, 5.74) is 0. The van der Waals surface area contributed by atoms with Gasteiger partial charge in [-0.25, -0.2) is 0 Å². The predicted octanol–water partition coefficient (Wildman–Crippen LogP) is 2.40. The number of esters is 1. The molecule has 0 N–H and O–H groups in total. The zero-order valence-corrected chi connectivity index (χ0v) is 12.7. The standard InChI is InChI=1S/C16H26O4/c1-9-4-14-15(20-14)6-12(9)8-19-16(17)13-5-11(3)18-7-10(13)2/h9-15H,4-8H2,1-3H3. The van der Waals surface area contributed by atoms with Crippen molar-refractivity contribution in [1.82, 2.24) is 0 Å². The highest BCUT2D eigenvalue weighted by Crippen LogP contribution is 2.42. The maximum atomic E-state index is 12.3. The number of hydrogen-bond donors (Lipinski definition) is 0. The van der Waals surface area contributed by atoms with Crippen LogP contribution in [0, 0.1) is 23.7 Å². The van der Waals surface area contributed by atoms with Gasteiger partial charge in [0.25, 0.3) is 0 Å². The van der Waals surface area contributed by atoms with Crippen molar-refractivity contribution in [2.75, 3.05) is 13.2 Å². The molecule has 0 aromatic carbocycles. The van der Waals surface area contributed by atoms with Gasteiger partial charge in [-0.3, -0.25) is 4.79 Å². The van der Waals surface area contributed by atoms with Crippen molar-refractivity contribution in [3.63, 3.8) is 0 Å². The van der Waals surface area contributed by atoms with Crippen molar-refractivity contribution < 1.29 is 19.0 Å². The Morgan fingerprint density at radius 3 is 2.65 bits per heavy atom. The lowest BCUT2D eigenvalue weighted by molar-refractivity contribution is -0.159. The van der Waals surface area contributed by atoms with Gasteiger partial charge in [-0.2, -0.15) is 0 Å². The van der Waals surface area contributed by atoms with E-state index in [9.17, 15) is 4.79 Å². The zero-order valence-electron chi connectivity index (χ0n) is 12.7. The normalized spacial score (nSPS) is 47.5. The van der Waals surface area contributed by atoms with Gasteiger partial charge in [0.05, 0.1) is 37.4 Å². The van der Waals surface area contributed by atoms with Crippen molar-refractivity contribution in [1.29, 1.82) is 0 Å². The van der Waals surface area contributed by atoms with Crippen molar-refractivity contribution >= 4 is 5.97 Å². The Kier molecular flexibility index (Phi) is 4.04. The molecule has 0 amide bonds. The molecule has 7 atom stereocenters. The summed E-state index contributed by atoms with van der Waals surface area (Å²) in [4.78, 5) is 12.3. The summed E-state index contributed by atoms with van der Waals surface area (Å²) in [6.45, 7) is 7.57. The largest absolute Gasteiger partial charge is 0.465 e. The van der Waals surface area contributed by atoms with Gasteiger partial charge in [-0.1, -0.05) is 13.8 Å². The number of hydrogen-bond acceptors (Lipinski definition) is 4. The van der Waals surface area contributed by atoms with Crippen LogP contribution >= 0.6 is 0 Å². The first-order valence-corrected chi connectivity index (χ1v) is 7.98. The molecule has 0 aromatic rings. The third-order valence-corrected chi connectivity index (χ3v) is 5.29. The van der Waals surface area contributed by atoms with E-state index < -0.39 is 0 Å². The Hall–Kier alpha value is -0.610. The number of carbonyl (C=O) groups is 1. The Labute approximate surface area is 121 Å². The molecule has 2 heterocycles. The molecule has 0 bridgehead atoms. The lowest BCUT2D eigenvalue weighted by Crippen LogP contribution is -2.37. The molecule has 2 saturated heterocycles. The average molecular weight is 282 g/mol. The van der Waals surface area contributed by atoms with E-state index in [4.69, 9.17) is 14.2 Å². The molecule has 3 rings (SSSR count). The topological polar surface area (TPSA) is 48.1 Å². The van der Waals surface area contributed by atoms with Crippen LogP contribution in [0.4, 0.5) is 0 Å². The summed E-state index contributed by atoms with van der Waals surface area (Å²) in [6.07, 6.45) is 4.06. The van der Waals surface area contributed by atoms with Crippen LogP contribution in [0.3, 0.4) is 0 Å². The summed E-state index contributed by atoms with van der Waals surface area (Å²) in [6, 6.07) is 0. The highest BCUT2D eigenvalue weighted by Gasteiger charge is 2.47. The smallest absolute Gasteiger partial charge is 0.309 e. The van der Waals surface area contributed by atoms with E-state index in [0.717, 1.165) is 19.3 Å². The molecule has 20 heavy (non-hydrogen) atoms. The first kappa shape index (κ1) is 14.3. The third kappa shape index (κ3) is 3.01. The first-order chi connectivity index (χ1) is 9.54. The van der Waals surface area contributed by atoms with Crippen molar-refractivity contribution in [3.8, 4) is 0 Å². The molecule has 3 aliphatic rings. The Morgan fingerprint density at radius 2 is 1.85 bits per heavy atom. The SMILES string of the molecule is CC1CC(C(=O)OCC2CC3OC3CC2C)C(C)CO1. The van der Waals surface area contributed by atoms with E-state index in [-0.39, 0.29) is 23.9 Å². The lowest BCUT2D eigenvalue weighted by Gasteiger charge is -2.32. The van der Waals surface area contributed by atoms with E-state index in [1.54, 1.807) is 0 Å². The predicted molar refractivity (Wildman–Crippen MR) is 74.2 cm³/mol. The fraction of sp³-hybridized carbons (Fsp3) is 0.938. The molecule has 3 fully saturated rings. The molecule has 0 radical (unpaired) electrons. The van der Waals surface area contributed by atoms with Crippen LogP contribution < -0.4 is 0 Å². The highest BCUT2D eigenvalue weighted by atomic mass is 16.6. The maximum absolute atomic E-state index is 12.3. The van der Waals surface area contributed by atoms with Crippen LogP contribution in [0.2, 0.25) is 0 Å². The molecule has 4 nitrogen and oxygen atoms in total. The average Bonchev–Trinajstić information content (AvgIpc) is 3.16. The molecule has 4 heteroatoms. The Balaban J connectivity index is 1.48. The maximum Gasteiger partial charge on any atom is 0.309 e. The summed E-state index contributed by atoms with van der Waals surface area (Å²) in [7, 11) is 0. The second kappa shape index (κ2) is 5.64. The monoisotopic (exact) mass is 282 g/mol. The second-order valence-electron chi connectivity index (χ2n) is 7.02. The second-order valence-corrected chi connectivity index (χ2v) is 7.02. The van der Waals surface area contributed by atoms with Gasteiger partial charge in [0.1, 0.15) is 0 Å². The minimum Gasteiger partial charge on any atom is -0.465 e. The van der Waals surface area contributed by atoms with E-state index in [1.807, 2.05) is 6.92 Å². The molecule has 0 aromatic heterocycles. The summed E-state index contributed by atoms with van der Waals surface area (Å²) >= 11 is 0. The Morgan fingerprint density at radius 1 is 1.10 bits per heavy atom. The highest BCUT2D eigenvalue weighted by molar-refractivity contribution is 5.73. The number of fused-ring (bicyclic) bond motifs is 1. The lowest BCUT2D eigenvalue weighted by atomic mass is 9.81. The first-order valence-electron chi connectivity index (χ1n) is 7.98. The van der Waals surface area contributed by atoms with Crippen LogP contribution in [0.15, 0.2) is 0 Å². The van der Waals surface area contributed by atoms with Gasteiger partial charge in [-0.15, -0.1) is 0 Å². The van der Waals surface area contributed by atoms with Gasteiger partial charge >= 0.3 is 5.97 Å². The molecule has 0 spiro atoms. The number of carbonyl (C=O) groups excluding carboxylic acids is 1. The Bertz CT molecular complexity index is 369. The van der Waals surface area contributed by atoms with Gasteiger partial charge in [0, 0.05) is 0 Å². The van der Waals surface area contributed by atoms with E-state index >= 15 is 0 Å². The van der Waals surface area contributed by atoms with Crippen molar-refractivity contribution in [3.05, 3.63) is 0 Å². The number of epoxide rings is 1. The summed E-state index contributed by atoms with van der Waals surface area (Å²) in [5, 5.41) is 0. The minimum atomic E-state index is -0.0290. The molecular formula is C16H26O4. The summed E-state index contributed by atoms with van der Waals surface area (Å²) in [5.74, 6) is 1.30. The van der Waals surface area contributed by atoms with Crippen LogP contribution in [0.1, 0.15) is 40.0 Å². The third-order valence-electron chi connectivity index (χ3n) is 5.29. The quantitative estimate of drug-likeness (QED) is 0.589. The molecule has 114 valence electrons. The van der Waals surface area contributed by atoms with E-state index in [2.05, 4.69) is 13.8 Å². The van der Waals surface area contributed by atoms with Crippen molar-refractivity contribution in [2.24, 2.45) is 23.7 Å². The minimum absolute atomic E-state index is 0.00238. The number of rotatable bonds is 3. The zero-order chi connectivity index (χ0) is 14.3. The van der Waals surface area contributed by atoms with Gasteiger partial charge < -0.3 is 14.2 Å². The molecule has 7 unspecified atom stereocenters. The van der Waals surface area contributed by atoms with Gasteiger partial charge in [-0.05, 0) is 43.9 Å².